The number of aromatic hydroxyl groups is 1. The molecule has 0 unspecified atom stereocenters. The number of para-hydroxylation sites is 2. The van der Waals surface area contributed by atoms with E-state index >= 15 is 33.6 Å². The van der Waals surface area contributed by atoms with Crippen LogP contribution < -0.4 is 76.1 Å². The number of aromatic amines is 2. The number of H-pyrrole nitrogens is 2. The maximum Gasteiger partial charge on any atom is 0.246 e. The van der Waals surface area contributed by atoms with E-state index in [-0.39, 0.29) is 76.6 Å². The van der Waals surface area contributed by atoms with Gasteiger partial charge in [-0.1, -0.05) is 102 Å². The zero-order chi connectivity index (χ0) is 95.5. The molecule has 18 amide bonds. The standard InChI is InChI=1S/C87H123N21O21S/c1-9-11-22-66-80(122)96-57(29-30-88)76(118)103-65(75(117)94-41-72(91)114)44-130-45-73(115)95-61(33-48-25-27-51(110)28-26-48)83(125)104(6)47(5)74(116)99-63(38-71(90)113)85(127)107-31-17-24-67(107)81(123)98-59(37-70(89)112)78(120)100-60(32-46(3)4)86(128)108-42-52(111)36-69(108)82(124)97-58(34-49-39-92-55-20-15-13-18-53(49)55)77(119)102-64(43-109)79(121)101-62(35-50-40-93-56-21-16-14-19-54(50)56)84(126)106(8)68(23-12-10-2)87(129)105(66)7/h13-16,18-21,25-28,39-40,46-47,52,57-69,92-93,109-111H,9-12,17,22-24,29-38,41-45,88H2,1-8H3,(H2,89,112)(H2,90,113)(H2,91,114)(H,94,117)(H,95,115)(H,96,122)(H,97,124)(H,98,123)(H,99,116)(H,100,120)(H,101,121)(H,102,119)(H,103,118)/t47-,52+,57-,58-,59-,60-,61-,62-,63+,64-,65-,66-,67-,68-,69-/m0/s1. The number of rotatable bonds is 24. The van der Waals surface area contributed by atoms with Gasteiger partial charge in [-0.25, -0.2) is 0 Å². The molecule has 2 aromatic heterocycles. The van der Waals surface area contributed by atoms with E-state index in [1.165, 1.54) is 52.3 Å². The summed E-state index contributed by atoms with van der Waals surface area (Å²) in [6.07, 6.45) is 0.00393. The van der Waals surface area contributed by atoms with Crippen LogP contribution in [-0.4, -0.2) is 312 Å². The van der Waals surface area contributed by atoms with Crippen molar-refractivity contribution >= 4 is 140 Å². The van der Waals surface area contributed by atoms with Crippen LogP contribution in [0.15, 0.2) is 85.2 Å². The Kier molecular flexibility index (Phi) is 38.4. The first-order valence-corrected chi connectivity index (χ1v) is 44.6. The lowest BCUT2D eigenvalue weighted by atomic mass is 10.00. The number of aromatic nitrogens is 2. The van der Waals surface area contributed by atoms with E-state index in [1.807, 2.05) is 13.8 Å². The molecule has 3 saturated heterocycles. The summed E-state index contributed by atoms with van der Waals surface area (Å²) in [5.74, 6) is -19.4. The monoisotopic (exact) mass is 1830 g/mol. The number of carbonyl (C=O) groups excluding carboxylic acids is 18. The van der Waals surface area contributed by atoms with Crippen molar-refractivity contribution in [3.8, 4) is 5.75 Å². The number of nitrogens with zero attached hydrogens (tertiary/aromatic N) is 5. The summed E-state index contributed by atoms with van der Waals surface area (Å²) >= 11 is 0.758. The highest BCUT2D eigenvalue weighted by molar-refractivity contribution is 8.00. The van der Waals surface area contributed by atoms with Crippen LogP contribution in [0.3, 0.4) is 0 Å². The number of unbranched alkanes of at least 4 members (excludes halogenated alkanes) is 2. The van der Waals surface area contributed by atoms with Gasteiger partial charge in [-0.2, -0.15) is 0 Å². The lowest BCUT2D eigenvalue weighted by Crippen LogP contribution is -2.62. The molecule has 0 saturated carbocycles. The van der Waals surface area contributed by atoms with Crippen molar-refractivity contribution in [2.75, 3.05) is 65.4 Å². The zero-order valence-electron chi connectivity index (χ0n) is 74.2. The molecule has 3 fully saturated rings. The lowest BCUT2D eigenvalue weighted by Gasteiger charge is -2.36. The first-order chi connectivity index (χ1) is 61.8. The Hall–Kier alpha value is -12.8. The third kappa shape index (κ3) is 28.1. The van der Waals surface area contributed by atoms with Crippen LogP contribution in [-0.2, 0) is 106 Å². The second-order valence-corrected chi connectivity index (χ2v) is 34.5. The van der Waals surface area contributed by atoms with Gasteiger partial charge in [0.25, 0.3) is 0 Å². The molecular formula is C87H123N21O21S. The first kappa shape index (κ1) is 103. The summed E-state index contributed by atoms with van der Waals surface area (Å²) in [7, 11) is 3.87. The van der Waals surface area contributed by atoms with Gasteiger partial charge in [0.15, 0.2) is 0 Å². The quantitative estimate of drug-likeness (QED) is 0.0280. The molecule has 15 atom stereocenters. The number of benzene rings is 3. The van der Waals surface area contributed by atoms with E-state index in [9.17, 15) is 68.1 Å². The molecule has 3 aromatic carbocycles. The number of aliphatic hydroxyl groups is 2. The van der Waals surface area contributed by atoms with Gasteiger partial charge in [0.2, 0.25) is 106 Å². The van der Waals surface area contributed by atoms with Gasteiger partial charge in [0.05, 0.1) is 37.9 Å². The van der Waals surface area contributed by atoms with Gasteiger partial charge in [0, 0.05) is 99.9 Å². The number of carbonyl (C=O) groups is 18. The van der Waals surface area contributed by atoms with Crippen LogP contribution in [0.1, 0.15) is 135 Å². The number of aliphatic hydroxyl groups excluding tert-OH is 2. The van der Waals surface area contributed by atoms with Gasteiger partial charge in [-0.3, -0.25) is 86.3 Å². The molecule has 3 aliphatic rings. The maximum absolute atomic E-state index is 15.7. The van der Waals surface area contributed by atoms with Crippen LogP contribution in [0, 0.1) is 5.92 Å². The highest BCUT2D eigenvalue weighted by Gasteiger charge is 2.47. The number of hydrogen-bond acceptors (Lipinski definition) is 23. The van der Waals surface area contributed by atoms with Gasteiger partial charge in [-0.05, 0) is 98.9 Å². The van der Waals surface area contributed by atoms with Crippen molar-refractivity contribution in [3.63, 3.8) is 0 Å². The number of phenols is 1. The minimum absolute atomic E-state index is 0.00408. The second kappa shape index (κ2) is 48.6. The largest absolute Gasteiger partial charge is 0.508 e. The molecule has 23 N–H and O–H groups in total. The summed E-state index contributed by atoms with van der Waals surface area (Å²) in [6.45, 7) is 5.55. The Morgan fingerprint density at radius 2 is 1.02 bits per heavy atom. The molecule has 42 nitrogen and oxygen atoms in total. The van der Waals surface area contributed by atoms with E-state index in [0.29, 0.717) is 64.2 Å². The van der Waals surface area contributed by atoms with Crippen molar-refractivity contribution < 1.29 is 102 Å². The number of likely N-dealkylation sites (N-methyl/N-ethyl adjacent to an activating group) is 3. The number of thioether (sulfide) groups is 1. The lowest BCUT2D eigenvalue weighted by molar-refractivity contribution is -0.149. The Morgan fingerprint density at radius 1 is 0.523 bits per heavy atom. The maximum atomic E-state index is 15.7. The SMILES string of the molecule is CCCC[C@H]1C(=O)N(C)[C@@H](CCCC)C(=O)N[C@@H](CCN)C(=O)N[C@H](C(=O)NCC(N)=O)CSCC(=O)N[C@@H](Cc2ccc(O)cc2)C(=O)N(C)[C@@H](C)C(=O)N[C@H](CC(N)=O)C(=O)N2CCC[C@H]2C(=O)N[C@@H](CC(N)=O)C(=O)N[C@@H](CC(C)C)C(=O)N2C[C@H](O)C[C@H]2C(=O)N[C@@H](Cc2c[nH]c3ccccc23)C(=O)N[C@@H](CO)C(=O)N[C@@H](Cc2c[nH]c3ccccc23)C(=O)N1C. The number of amides is 18. The average molecular weight is 1830 g/mol. The van der Waals surface area contributed by atoms with E-state index in [2.05, 4.69) is 63.1 Å². The molecule has 708 valence electrons. The molecule has 0 bridgehead atoms. The molecule has 0 aliphatic carbocycles. The smallest absolute Gasteiger partial charge is 0.246 e. The van der Waals surface area contributed by atoms with Crippen LogP contribution >= 0.6 is 11.8 Å². The fourth-order valence-electron chi connectivity index (χ4n) is 16.0. The summed E-state index contributed by atoms with van der Waals surface area (Å²) in [6, 6.07) is -2.91. The second-order valence-electron chi connectivity index (χ2n) is 33.5. The Bertz CT molecular complexity index is 4910. The van der Waals surface area contributed by atoms with Crippen LogP contribution in [0.2, 0.25) is 0 Å². The van der Waals surface area contributed by atoms with Crippen molar-refractivity contribution in [2.24, 2.45) is 28.9 Å². The third-order valence-corrected chi connectivity index (χ3v) is 24.3. The summed E-state index contributed by atoms with van der Waals surface area (Å²) < 4.78 is 0. The number of hydrogen-bond donors (Lipinski definition) is 19. The fraction of sp³-hybridized carbons (Fsp3) is 0.540. The topological polar surface area (TPSA) is 640 Å². The number of nitrogens with one attached hydrogen (secondary N) is 12. The van der Waals surface area contributed by atoms with E-state index in [1.54, 1.807) is 74.8 Å². The van der Waals surface area contributed by atoms with Crippen molar-refractivity contribution in [2.45, 2.75) is 228 Å². The van der Waals surface area contributed by atoms with Crippen molar-refractivity contribution in [1.29, 1.82) is 0 Å². The molecular weight excluding hydrogens is 1710 g/mol. The van der Waals surface area contributed by atoms with Gasteiger partial charge < -0.3 is 126 Å². The number of phenolic OH excluding ortho intramolecular Hbond substituents is 1. The molecule has 0 spiro atoms. The number of nitrogens with two attached hydrogens (primary N) is 4. The Morgan fingerprint density at radius 3 is 1.62 bits per heavy atom. The fourth-order valence-corrected chi connectivity index (χ4v) is 16.9. The van der Waals surface area contributed by atoms with Crippen LogP contribution in [0.25, 0.3) is 21.8 Å². The molecule has 43 heteroatoms. The average Bonchev–Trinajstić information content (AvgIpc) is 1.63. The highest BCUT2D eigenvalue weighted by Crippen LogP contribution is 2.28. The van der Waals surface area contributed by atoms with Crippen molar-refractivity contribution in [1.82, 2.24) is 87.6 Å². The van der Waals surface area contributed by atoms with Gasteiger partial charge >= 0.3 is 0 Å². The number of fused-ring (bicyclic) bond motifs is 4. The van der Waals surface area contributed by atoms with E-state index in [4.69, 9.17) is 22.9 Å². The highest BCUT2D eigenvalue weighted by atomic mass is 32.2. The van der Waals surface area contributed by atoms with E-state index < -0.39 is 253 Å². The third-order valence-electron chi connectivity index (χ3n) is 23.2. The van der Waals surface area contributed by atoms with E-state index in [0.717, 1.165) is 36.3 Å². The predicted molar refractivity (Wildman–Crippen MR) is 476 cm³/mol. The first-order valence-electron chi connectivity index (χ1n) is 43.5. The summed E-state index contributed by atoms with van der Waals surface area (Å²) in [4.78, 5) is 272. The minimum Gasteiger partial charge on any atom is -0.508 e. The summed E-state index contributed by atoms with van der Waals surface area (Å²) in [5.41, 5.74) is 25.4. The van der Waals surface area contributed by atoms with Gasteiger partial charge in [0.1, 0.15) is 90.3 Å². The Balaban J connectivity index is 1.18. The Labute approximate surface area is 755 Å². The molecule has 3 aliphatic heterocycles. The summed E-state index contributed by atoms with van der Waals surface area (Å²) in [5, 5.41) is 59.7. The molecule has 5 aromatic rings. The van der Waals surface area contributed by atoms with Gasteiger partial charge in [-0.15, -0.1) is 11.8 Å². The van der Waals surface area contributed by atoms with Crippen LogP contribution in [0.4, 0.5) is 0 Å². The number of primary amides is 3. The predicted octanol–water partition coefficient (Wildman–Crippen LogP) is -3.93. The zero-order valence-corrected chi connectivity index (χ0v) is 75.0. The van der Waals surface area contributed by atoms with Crippen molar-refractivity contribution in [3.05, 3.63) is 102 Å². The molecule has 5 heterocycles. The molecule has 0 radical (unpaired) electrons. The molecule has 130 heavy (non-hydrogen) atoms. The molecule has 8 rings (SSSR count). The minimum atomic E-state index is -1.90. The van der Waals surface area contributed by atoms with Crippen LogP contribution in [0.5, 0.6) is 5.75 Å². The normalized spacial score (nSPS) is 25.3.